The zero-order chi connectivity index (χ0) is 24.1. The molecule has 1 fully saturated rings. The number of nitrogens with one attached hydrogen (secondary N) is 2. The van der Waals surface area contributed by atoms with Crippen LogP contribution in [0.2, 0.25) is 0 Å². The third kappa shape index (κ3) is 5.19. The number of hydrogen-bond acceptors (Lipinski definition) is 6. The van der Waals surface area contributed by atoms with Gasteiger partial charge < -0.3 is 24.8 Å². The second kappa shape index (κ2) is 10.4. The molecular formula is C25H29N5O4. The Morgan fingerprint density at radius 3 is 2.47 bits per heavy atom. The number of hydrogen-bond donors (Lipinski definition) is 2. The molecule has 2 aromatic carbocycles. The smallest absolute Gasteiger partial charge is 0.328 e. The van der Waals surface area contributed by atoms with Crippen LogP contribution < -0.4 is 21.1 Å². The first-order chi connectivity index (χ1) is 16.5. The highest BCUT2D eigenvalue weighted by molar-refractivity contribution is 5.84. The summed E-state index contributed by atoms with van der Waals surface area (Å²) < 4.78 is 6.48. The molecule has 1 saturated heterocycles. The van der Waals surface area contributed by atoms with Crippen molar-refractivity contribution in [3.63, 3.8) is 0 Å². The molecule has 178 valence electrons. The summed E-state index contributed by atoms with van der Waals surface area (Å²) >= 11 is 0. The third-order valence-electron chi connectivity index (χ3n) is 6.17. The molecule has 9 heteroatoms. The van der Waals surface area contributed by atoms with Crippen LogP contribution in [0.15, 0.2) is 59.4 Å². The molecule has 2 amide bonds. The van der Waals surface area contributed by atoms with Gasteiger partial charge in [-0.3, -0.25) is 4.79 Å². The average molecular weight is 464 g/mol. The first-order valence-corrected chi connectivity index (χ1v) is 11.4. The van der Waals surface area contributed by atoms with Crippen LogP contribution in [0.5, 0.6) is 0 Å². The van der Waals surface area contributed by atoms with Crippen LogP contribution in [0, 0.1) is 0 Å². The van der Waals surface area contributed by atoms with Gasteiger partial charge in [0.05, 0.1) is 18.1 Å². The van der Waals surface area contributed by atoms with Crippen LogP contribution in [0.4, 0.5) is 10.6 Å². The van der Waals surface area contributed by atoms with E-state index in [0.29, 0.717) is 38.2 Å². The molecule has 4 rings (SSSR count). The molecule has 0 aliphatic carbocycles. The molecule has 1 aromatic heterocycles. The molecule has 2 heterocycles. The van der Waals surface area contributed by atoms with Gasteiger partial charge in [-0.1, -0.05) is 42.5 Å². The van der Waals surface area contributed by atoms with Gasteiger partial charge in [0.15, 0.2) is 5.82 Å². The van der Waals surface area contributed by atoms with E-state index in [2.05, 4.69) is 15.6 Å². The molecule has 2 N–H and O–H groups in total. The van der Waals surface area contributed by atoms with Crippen LogP contribution in [-0.4, -0.2) is 53.8 Å². The van der Waals surface area contributed by atoms with Crippen molar-refractivity contribution in [3.05, 3.63) is 70.5 Å². The zero-order valence-electron chi connectivity index (χ0n) is 19.4. The molecule has 0 bridgehead atoms. The fourth-order valence-corrected chi connectivity index (χ4v) is 4.28. The first kappa shape index (κ1) is 23.3. The van der Waals surface area contributed by atoms with E-state index in [1.165, 1.54) is 7.11 Å². The number of methoxy groups -OCH3 is 1. The Hall–Kier alpha value is -3.88. The van der Waals surface area contributed by atoms with E-state index >= 15 is 0 Å². The quantitative estimate of drug-likeness (QED) is 0.542. The van der Waals surface area contributed by atoms with Gasteiger partial charge in [-0.2, -0.15) is 0 Å². The third-order valence-corrected chi connectivity index (χ3v) is 6.17. The predicted octanol–water partition coefficient (Wildman–Crippen LogP) is 1.99. The molecule has 1 aliphatic rings. The lowest BCUT2D eigenvalue weighted by molar-refractivity contribution is -0.142. The van der Waals surface area contributed by atoms with Gasteiger partial charge in [0, 0.05) is 32.6 Å². The van der Waals surface area contributed by atoms with Gasteiger partial charge in [0.25, 0.3) is 5.56 Å². The van der Waals surface area contributed by atoms with Gasteiger partial charge >= 0.3 is 12.0 Å². The monoisotopic (exact) mass is 463 g/mol. The molecule has 1 atom stereocenters. The lowest BCUT2D eigenvalue weighted by atomic mass is 10.0. The summed E-state index contributed by atoms with van der Waals surface area (Å²) in [5.74, 6) is -0.0650. The minimum Gasteiger partial charge on any atom is -0.467 e. The number of piperidine rings is 1. The normalized spacial score (nSPS) is 15.1. The molecular weight excluding hydrogens is 434 g/mol. The first-order valence-electron chi connectivity index (χ1n) is 11.4. The summed E-state index contributed by atoms with van der Waals surface area (Å²) in [6, 6.07) is 15.8. The summed E-state index contributed by atoms with van der Waals surface area (Å²) in [6.45, 7) is 1.19. The van der Waals surface area contributed by atoms with Crippen LogP contribution >= 0.6 is 0 Å². The molecule has 3 aromatic rings. The van der Waals surface area contributed by atoms with E-state index in [1.54, 1.807) is 11.6 Å². The maximum Gasteiger partial charge on any atom is 0.328 e. The van der Waals surface area contributed by atoms with Crippen molar-refractivity contribution in [1.29, 1.82) is 0 Å². The van der Waals surface area contributed by atoms with Crippen molar-refractivity contribution in [2.45, 2.75) is 31.3 Å². The topological polar surface area (TPSA) is 106 Å². The summed E-state index contributed by atoms with van der Waals surface area (Å²) in [7, 11) is 3.06. The number of carbonyl (C=O) groups excluding carboxylic acids is 2. The van der Waals surface area contributed by atoms with Crippen molar-refractivity contribution in [2.75, 3.05) is 25.1 Å². The van der Waals surface area contributed by atoms with E-state index in [-0.39, 0.29) is 11.6 Å². The van der Waals surface area contributed by atoms with Crippen molar-refractivity contribution in [3.8, 4) is 0 Å². The number of aromatic nitrogens is 2. The molecule has 1 aliphatic heterocycles. The van der Waals surface area contributed by atoms with Gasteiger partial charge in [0.1, 0.15) is 6.04 Å². The standard InChI is InChI=1S/C25H29N5O4/c1-29-21-11-7-6-10-19(21)27-22(23(29)31)30-14-12-18(13-15-30)26-25(33)28-20(24(32)34-2)16-17-8-4-3-5-9-17/h3-11,18,20H,12-16H2,1-2H3,(H2,26,28,33)/t20-/m0/s1. The Bertz CT molecular complexity index is 1220. The number of rotatable bonds is 6. The van der Waals surface area contributed by atoms with Gasteiger partial charge in [-0.05, 0) is 30.5 Å². The summed E-state index contributed by atoms with van der Waals surface area (Å²) in [6.07, 6.45) is 1.66. The molecule has 9 nitrogen and oxygen atoms in total. The summed E-state index contributed by atoms with van der Waals surface area (Å²) in [5, 5.41) is 5.69. The van der Waals surface area contributed by atoms with Crippen LogP contribution in [0.3, 0.4) is 0 Å². The number of aryl methyl sites for hydroxylation is 1. The molecule has 0 unspecified atom stereocenters. The van der Waals surface area contributed by atoms with Gasteiger partial charge in [0.2, 0.25) is 0 Å². The number of benzene rings is 2. The van der Waals surface area contributed by atoms with Crippen molar-refractivity contribution >= 4 is 28.9 Å². The van der Waals surface area contributed by atoms with Crippen molar-refractivity contribution in [1.82, 2.24) is 20.2 Å². The largest absolute Gasteiger partial charge is 0.467 e. The molecule has 34 heavy (non-hydrogen) atoms. The molecule has 0 radical (unpaired) electrons. The number of para-hydroxylation sites is 2. The fourth-order valence-electron chi connectivity index (χ4n) is 4.28. The van der Waals surface area contributed by atoms with E-state index < -0.39 is 18.0 Å². The lowest BCUT2D eigenvalue weighted by Crippen LogP contribution is -2.53. The van der Waals surface area contributed by atoms with E-state index in [0.717, 1.165) is 16.6 Å². The highest BCUT2D eigenvalue weighted by Gasteiger charge is 2.26. The fraction of sp³-hybridized carbons (Fsp3) is 0.360. The molecule has 0 saturated carbocycles. The highest BCUT2D eigenvalue weighted by atomic mass is 16.5. The van der Waals surface area contributed by atoms with Crippen LogP contribution in [0.25, 0.3) is 11.0 Å². The number of urea groups is 1. The Balaban J connectivity index is 1.36. The Morgan fingerprint density at radius 1 is 1.09 bits per heavy atom. The predicted molar refractivity (Wildman–Crippen MR) is 130 cm³/mol. The van der Waals surface area contributed by atoms with Crippen LogP contribution in [-0.2, 0) is 23.0 Å². The Morgan fingerprint density at radius 2 is 1.76 bits per heavy atom. The number of anilines is 1. The number of amides is 2. The number of esters is 1. The van der Waals surface area contributed by atoms with Crippen LogP contribution in [0.1, 0.15) is 18.4 Å². The lowest BCUT2D eigenvalue weighted by Gasteiger charge is -2.33. The van der Waals surface area contributed by atoms with Crippen molar-refractivity contribution < 1.29 is 14.3 Å². The highest BCUT2D eigenvalue weighted by Crippen LogP contribution is 2.18. The minimum absolute atomic E-state index is 0.0735. The number of carbonyl (C=O) groups is 2. The SMILES string of the molecule is COC(=O)[C@H](Cc1ccccc1)NC(=O)NC1CCN(c2nc3ccccc3n(C)c2=O)CC1. The minimum atomic E-state index is -0.780. The Labute approximate surface area is 197 Å². The van der Waals surface area contributed by atoms with Gasteiger partial charge in [-0.25, -0.2) is 14.6 Å². The number of nitrogens with zero attached hydrogens (tertiary/aromatic N) is 3. The number of ether oxygens (including phenoxy) is 1. The maximum atomic E-state index is 12.8. The van der Waals surface area contributed by atoms with E-state index in [4.69, 9.17) is 4.74 Å². The maximum absolute atomic E-state index is 12.8. The zero-order valence-corrected chi connectivity index (χ0v) is 19.4. The Kier molecular flexibility index (Phi) is 7.10. The average Bonchev–Trinajstić information content (AvgIpc) is 2.86. The second-order valence-electron chi connectivity index (χ2n) is 8.43. The molecule has 0 spiro atoms. The summed E-state index contributed by atoms with van der Waals surface area (Å²) in [5.41, 5.74) is 2.35. The van der Waals surface area contributed by atoms with E-state index in [1.807, 2.05) is 59.5 Å². The number of fused-ring (bicyclic) bond motifs is 1. The van der Waals surface area contributed by atoms with Gasteiger partial charge in [-0.15, -0.1) is 0 Å². The second-order valence-corrected chi connectivity index (χ2v) is 8.43. The summed E-state index contributed by atoms with van der Waals surface area (Å²) in [4.78, 5) is 44.2. The van der Waals surface area contributed by atoms with E-state index in [9.17, 15) is 14.4 Å². The van der Waals surface area contributed by atoms with Crippen molar-refractivity contribution in [2.24, 2.45) is 7.05 Å².